The number of hydrogen-bond acceptors (Lipinski definition) is 5. The Morgan fingerprint density at radius 3 is 2.61 bits per heavy atom. The second kappa shape index (κ2) is 11.6. The fourth-order valence-electron chi connectivity index (χ4n) is 5.74. The number of halogens is 1. The summed E-state index contributed by atoms with van der Waals surface area (Å²) in [5.41, 5.74) is 4.36. The Balaban J connectivity index is 0.00000164. The van der Waals surface area contributed by atoms with Crippen molar-refractivity contribution >= 4 is 23.0 Å². The molecule has 5 nitrogen and oxygen atoms in total. The van der Waals surface area contributed by atoms with E-state index in [2.05, 4.69) is 47.7 Å². The standard InChI is InChI=1S/C30H35FN4O.C2H6/c1-5-8-27(36)23-18-34(16-14-22(23)25-9-6-7-15-32-25)28-13-12-26-29(33-28)30(3,4)19-35(26)21-11-10-20(2)24(31)17-21;1-2/h6-7,9-13,15,17,22-23H,5,8,14,16,18-19H2,1-4H3;1-2H3/t22-,23+;/m0./s1. The van der Waals surface area contributed by atoms with Crippen LogP contribution in [0, 0.1) is 18.7 Å². The van der Waals surface area contributed by atoms with Crippen LogP contribution in [-0.4, -0.2) is 35.4 Å². The summed E-state index contributed by atoms with van der Waals surface area (Å²) in [7, 11) is 0. The van der Waals surface area contributed by atoms with Gasteiger partial charge in [0.1, 0.15) is 17.4 Å². The van der Waals surface area contributed by atoms with Gasteiger partial charge in [-0.15, -0.1) is 0 Å². The minimum absolute atomic E-state index is 0.0938. The van der Waals surface area contributed by atoms with E-state index in [4.69, 9.17) is 4.98 Å². The lowest BCUT2D eigenvalue weighted by atomic mass is 9.79. The van der Waals surface area contributed by atoms with E-state index >= 15 is 0 Å². The Morgan fingerprint density at radius 2 is 1.92 bits per heavy atom. The molecule has 2 atom stereocenters. The summed E-state index contributed by atoms with van der Waals surface area (Å²) >= 11 is 0. The monoisotopic (exact) mass is 516 g/mol. The lowest BCUT2D eigenvalue weighted by molar-refractivity contribution is -0.123. The minimum atomic E-state index is -0.193. The molecule has 2 aliphatic rings. The van der Waals surface area contributed by atoms with Crippen molar-refractivity contribution < 1.29 is 9.18 Å². The number of nitrogens with zero attached hydrogens (tertiary/aromatic N) is 4. The van der Waals surface area contributed by atoms with E-state index in [9.17, 15) is 9.18 Å². The summed E-state index contributed by atoms with van der Waals surface area (Å²) < 4.78 is 14.3. The highest BCUT2D eigenvalue weighted by Crippen LogP contribution is 2.45. The molecule has 3 aromatic rings. The van der Waals surface area contributed by atoms with E-state index < -0.39 is 0 Å². The zero-order valence-corrected chi connectivity index (χ0v) is 23.7. The van der Waals surface area contributed by atoms with Crippen molar-refractivity contribution in [2.24, 2.45) is 5.92 Å². The SMILES string of the molecule is CC.CCCC(=O)[C@@H]1CN(c2ccc3c(n2)C(C)(C)CN3c2ccc(C)c(F)c2)CC[C@@H]1c1ccccn1. The predicted molar refractivity (Wildman–Crippen MR) is 154 cm³/mol. The number of carbonyl (C=O) groups excluding carboxylic acids is 1. The van der Waals surface area contributed by atoms with E-state index in [1.54, 1.807) is 13.0 Å². The molecule has 4 heterocycles. The fraction of sp³-hybridized carbons (Fsp3) is 0.469. The zero-order chi connectivity index (χ0) is 27.4. The lowest BCUT2D eigenvalue weighted by Gasteiger charge is -2.38. The molecule has 0 amide bonds. The maximum absolute atomic E-state index is 14.3. The van der Waals surface area contributed by atoms with Crippen molar-refractivity contribution in [2.75, 3.05) is 29.4 Å². The van der Waals surface area contributed by atoms with Gasteiger partial charge in [0.2, 0.25) is 0 Å². The van der Waals surface area contributed by atoms with Crippen LogP contribution in [0.4, 0.5) is 21.6 Å². The molecule has 0 N–H and O–H groups in total. The van der Waals surface area contributed by atoms with Gasteiger partial charge in [0, 0.05) is 60.9 Å². The van der Waals surface area contributed by atoms with Gasteiger partial charge in [0.05, 0.1) is 11.4 Å². The molecule has 0 radical (unpaired) electrons. The number of Topliss-reactive ketones (excluding diaryl/α,β-unsaturated/α-hetero) is 1. The summed E-state index contributed by atoms with van der Waals surface area (Å²) in [5, 5.41) is 0. The van der Waals surface area contributed by atoms with Crippen LogP contribution in [0.15, 0.2) is 54.7 Å². The Morgan fingerprint density at radius 1 is 1.13 bits per heavy atom. The molecule has 1 fully saturated rings. The number of pyridine rings is 2. The number of hydrogen-bond donors (Lipinski definition) is 0. The fourth-order valence-corrected chi connectivity index (χ4v) is 5.74. The highest BCUT2D eigenvalue weighted by molar-refractivity contribution is 5.83. The maximum Gasteiger partial charge on any atom is 0.138 e. The summed E-state index contributed by atoms with van der Waals surface area (Å²) in [6, 6.07) is 15.6. The average Bonchev–Trinajstić information content (AvgIpc) is 3.21. The normalized spacial score (nSPS) is 20.0. The smallest absolute Gasteiger partial charge is 0.138 e. The van der Waals surface area contributed by atoms with Gasteiger partial charge in [0.25, 0.3) is 0 Å². The first kappa shape index (κ1) is 27.7. The van der Waals surface area contributed by atoms with Crippen molar-refractivity contribution in [1.82, 2.24) is 9.97 Å². The summed E-state index contributed by atoms with van der Waals surface area (Å²) in [5.74, 6) is 1.07. The molecular formula is C32H41FN4O. The van der Waals surface area contributed by atoms with Crippen LogP contribution in [0.25, 0.3) is 0 Å². The number of carbonyl (C=O) groups is 1. The first-order valence-corrected chi connectivity index (χ1v) is 14.0. The van der Waals surface area contributed by atoms with E-state index in [0.29, 0.717) is 24.3 Å². The van der Waals surface area contributed by atoms with Gasteiger partial charge in [-0.2, -0.15) is 0 Å². The summed E-state index contributed by atoms with van der Waals surface area (Å²) in [6.45, 7) is 14.4. The molecule has 0 aliphatic carbocycles. The molecule has 38 heavy (non-hydrogen) atoms. The Kier molecular flexibility index (Phi) is 8.49. The number of ketones is 1. The van der Waals surface area contributed by atoms with Crippen LogP contribution in [0.3, 0.4) is 0 Å². The predicted octanol–water partition coefficient (Wildman–Crippen LogP) is 7.36. The number of aromatic nitrogens is 2. The van der Waals surface area contributed by atoms with E-state index in [-0.39, 0.29) is 23.1 Å². The molecule has 0 saturated carbocycles. The minimum Gasteiger partial charge on any atom is -0.356 e. The average molecular weight is 517 g/mol. The first-order valence-electron chi connectivity index (χ1n) is 14.0. The molecule has 0 unspecified atom stereocenters. The number of rotatable bonds is 6. The Bertz CT molecular complexity index is 1260. The van der Waals surface area contributed by atoms with Crippen LogP contribution in [0.5, 0.6) is 0 Å². The van der Waals surface area contributed by atoms with E-state index in [0.717, 1.165) is 54.5 Å². The number of fused-ring (bicyclic) bond motifs is 1. The zero-order valence-electron chi connectivity index (χ0n) is 23.7. The van der Waals surface area contributed by atoms with Gasteiger partial charge >= 0.3 is 0 Å². The van der Waals surface area contributed by atoms with Gasteiger partial charge in [-0.05, 0) is 61.7 Å². The first-order chi connectivity index (χ1) is 18.3. The summed E-state index contributed by atoms with van der Waals surface area (Å²) in [4.78, 5) is 27.4. The molecule has 0 bridgehead atoms. The van der Waals surface area contributed by atoms with Gasteiger partial charge in [-0.1, -0.05) is 46.8 Å². The third-order valence-electron chi connectivity index (χ3n) is 7.73. The molecular weight excluding hydrogens is 475 g/mol. The van der Waals surface area contributed by atoms with Crippen LogP contribution < -0.4 is 9.80 Å². The highest BCUT2D eigenvalue weighted by Gasteiger charge is 2.40. The largest absolute Gasteiger partial charge is 0.356 e. The van der Waals surface area contributed by atoms with Crippen LogP contribution >= 0.6 is 0 Å². The third-order valence-corrected chi connectivity index (χ3v) is 7.73. The van der Waals surface area contributed by atoms with Crippen LogP contribution in [0.2, 0.25) is 0 Å². The lowest BCUT2D eigenvalue weighted by Crippen LogP contribution is -2.43. The summed E-state index contributed by atoms with van der Waals surface area (Å²) in [6.07, 6.45) is 4.13. The Hall–Kier alpha value is -3.28. The van der Waals surface area contributed by atoms with Gasteiger partial charge < -0.3 is 9.80 Å². The maximum atomic E-state index is 14.3. The van der Waals surface area contributed by atoms with E-state index in [1.807, 2.05) is 50.4 Å². The number of piperidine rings is 1. The van der Waals surface area contributed by atoms with Gasteiger partial charge in [0.15, 0.2) is 0 Å². The van der Waals surface area contributed by atoms with Crippen molar-refractivity contribution in [3.63, 3.8) is 0 Å². The van der Waals surface area contributed by atoms with Crippen molar-refractivity contribution in [1.29, 1.82) is 0 Å². The van der Waals surface area contributed by atoms with Gasteiger partial charge in [-0.25, -0.2) is 9.37 Å². The molecule has 1 aromatic carbocycles. The molecule has 2 aromatic heterocycles. The molecule has 6 heteroatoms. The Labute approximate surface area is 227 Å². The number of benzene rings is 1. The third kappa shape index (κ3) is 5.45. The molecule has 5 rings (SSSR count). The molecule has 202 valence electrons. The van der Waals surface area contributed by atoms with Crippen LogP contribution in [-0.2, 0) is 10.2 Å². The molecule has 1 saturated heterocycles. The quantitative estimate of drug-likeness (QED) is 0.343. The highest BCUT2D eigenvalue weighted by atomic mass is 19.1. The second-order valence-electron chi connectivity index (χ2n) is 10.9. The van der Waals surface area contributed by atoms with Gasteiger partial charge in [-0.3, -0.25) is 9.78 Å². The molecule has 2 aliphatic heterocycles. The van der Waals surface area contributed by atoms with E-state index in [1.165, 1.54) is 0 Å². The van der Waals surface area contributed by atoms with Crippen molar-refractivity contribution in [2.45, 2.75) is 72.1 Å². The van der Waals surface area contributed by atoms with Crippen LogP contribution in [0.1, 0.15) is 76.8 Å². The topological polar surface area (TPSA) is 49.3 Å². The second-order valence-corrected chi connectivity index (χ2v) is 10.9. The number of anilines is 3. The number of aryl methyl sites for hydroxylation is 1. The van der Waals surface area contributed by atoms with Crippen molar-refractivity contribution in [3.8, 4) is 0 Å². The van der Waals surface area contributed by atoms with Crippen molar-refractivity contribution in [3.05, 3.63) is 77.5 Å². The molecule has 0 spiro atoms.